The molecule has 2 rings (SSSR count). The third kappa shape index (κ3) is 4.88. The molecular weight excluding hydrogens is 356 g/mol. The third-order valence-corrected chi connectivity index (χ3v) is 4.92. The van der Waals surface area contributed by atoms with E-state index < -0.39 is 11.2 Å². The first kappa shape index (κ1) is 21.9. The van der Waals surface area contributed by atoms with Crippen molar-refractivity contribution in [2.45, 2.75) is 79.3 Å². The minimum absolute atomic E-state index is 0.00636. The van der Waals surface area contributed by atoms with E-state index in [0.29, 0.717) is 18.2 Å². The summed E-state index contributed by atoms with van der Waals surface area (Å²) >= 11 is 0. The second kappa shape index (κ2) is 9.17. The summed E-state index contributed by atoms with van der Waals surface area (Å²) in [5.41, 5.74) is 0.122. The van der Waals surface area contributed by atoms with E-state index in [1.54, 1.807) is 13.0 Å². The lowest BCUT2D eigenvalue weighted by molar-refractivity contribution is 0.0939. The van der Waals surface area contributed by atoms with E-state index in [4.69, 9.17) is 0 Å². The lowest BCUT2D eigenvalue weighted by atomic mass is 10.0. The standard InChI is InChI=1S/C21H32N4O3/c1-7-25-18-17(20(27)24-21(25)28)15(11-16(23-18)13(4)5)19(26)22-14(6)10-8-9-12(2)3/h11-14H,7-10H2,1-6H3,(H,22,26)(H,24,27,28). The van der Waals surface area contributed by atoms with Gasteiger partial charge in [0, 0.05) is 18.3 Å². The Kier molecular flexibility index (Phi) is 7.16. The zero-order valence-electron chi connectivity index (χ0n) is 17.8. The van der Waals surface area contributed by atoms with E-state index in [0.717, 1.165) is 19.3 Å². The Morgan fingerprint density at radius 2 is 1.86 bits per heavy atom. The largest absolute Gasteiger partial charge is 0.350 e. The zero-order chi connectivity index (χ0) is 21.0. The van der Waals surface area contributed by atoms with Gasteiger partial charge in [-0.25, -0.2) is 9.78 Å². The first-order valence-electron chi connectivity index (χ1n) is 10.1. The van der Waals surface area contributed by atoms with Gasteiger partial charge in [-0.3, -0.25) is 19.1 Å². The molecule has 1 atom stereocenters. The number of amides is 1. The fourth-order valence-electron chi connectivity index (χ4n) is 3.27. The van der Waals surface area contributed by atoms with Crippen molar-refractivity contribution in [1.29, 1.82) is 0 Å². The predicted molar refractivity (Wildman–Crippen MR) is 112 cm³/mol. The average molecular weight is 389 g/mol. The molecule has 28 heavy (non-hydrogen) atoms. The van der Waals surface area contributed by atoms with Crippen LogP contribution in [0, 0.1) is 5.92 Å². The van der Waals surface area contributed by atoms with Crippen LogP contribution in [-0.4, -0.2) is 26.5 Å². The number of fused-ring (bicyclic) bond motifs is 1. The van der Waals surface area contributed by atoms with E-state index >= 15 is 0 Å². The Morgan fingerprint density at radius 1 is 1.18 bits per heavy atom. The van der Waals surface area contributed by atoms with Crippen molar-refractivity contribution in [2.24, 2.45) is 5.92 Å². The van der Waals surface area contributed by atoms with Crippen molar-refractivity contribution in [3.63, 3.8) is 0 Å². The number of hydrogen-bond donors (Lipinski definition) is 2. The highest BCUT2D eigenvalue weighted by Crippen LogP contribution is 2.20. The van der Waals surface area contributed by atoms with Crippen molar-refractivity contribution >= 4 is 16.9 Å². The molecule has 2 aromatic rings. The maximum Gasteiger partial charge on any atom is 0.329 e. The number of hydrogen-bond acceptors (Lipinski definition) is 4. The number of rotatable bonds is 8. The molecule has 0 bridgehead atoms. The molecule has 1 unspecified atom stereocenters. The van der Waals surface area contributed by atoms with Gasteiger partial charge < -0.3 is 5.32 Å². The molecule has 7 nitrogen and oxygen atoms in total. The molecule has 0 spiro atoms. The number of carbonyl (C=O) groups is 1. The molecule has 0 radical (unpaired) electrons. The van der Waals surface area contributed by atoms with Crippen molar-refractivity contribution in [2.75, 3.05) is 0 Å². The van der Waals surface area contributed by atoms with Gasteiger partial charge in [-0.05, 0) is 38.2 Å². The zero-order valence-corrected chi connectivity index (χ0v) is 17.8. The Morgan fingerprint density at radius 3 is 2.43 bits per heavy atom. The van der Waals surface area contributed by atoms with Gasteiger partial charge in [0.05, 0.1) is 10.9 Å². The summed E-state index contributed by atoms with van der Waals surface area (Å²) in [6.07, 6.45) is 3.02. The SMILES string of the molecule is CCn1c(=O)[nH]c(=O)c2c(C(=O)NC(C)CCCC(C)C)cc(C(C)C)nc21. The van der Waals surface area contributed by atoms with Crippen LogP contribution in [-0.2, 0) is 6.54 Å². The van der Waals surface area contributed by atoms with Gasteiger partial charge in [0.25, 0.3) is 11.5 Å². The molecule has 2 heterocycles. The van der Waals surface area contributed by atoms with Crippen molar-refractivity contribution < 1.29 is 4.79 Å². The topological polar surface area (TPSA) is 96.9 Å². The summed E-state index contributed by atoms with van der Waals surface area (Å²) in [7, 11) is 0. The molecule has 2 aromatic heterocycles. The third-order valence-electron chi connectivity index (χ3n) is 4.92. The van der Waals surface area contributed by atoms with E-state index in [9.17, 15) is 14.4 Å². The van der Waals surface area contributed by atoms with Gasteiger partial charge in [-0.2, -0.15) is 0 Å². The van der Waals surface area contributed by atoms with Crippen LogP contribution in [0.2, 0.25) is 0 Å². The maximum atomic E-state index is 13.0. The normalized spacial score (nSPS) is 12.7. The molecule has 0 saturated carbocycles. The molecule has 0 saturated heterocycles. The Bertz CT molecular complexity index is 957. The van der Waals surface area contributed by atoms with E-state index in [-0.39, 0.29) is 34.5 Å². The molecule has 0 aliphatic carbocycles. The van der Waals surface area contributed by atoms with Crippen LogP contribution < -0.4 is 16.6 Å². The Balaban J connectivity index is 2.49. The van der Waals surface area contributed by atoms with Crippen LogP contribution in [0.4, 0.5) is 0 Å². The van der Waals surface area contributed by atoms with Gasteiger partial charge in [-0.1, -0.05) is 40.5 Å². The molecule has 1 amide bonds. The summed E-state index contributed by atoms with van der Waals surface area (Å²) < 4.78 is 1.39. The monoisotopic (exact) mass is 388 g/mol. The summed E-state index contributed by atoms with van der Waals surface area (Å²) in [5, 5.41) is 3.17. The minimum atomic E-state index is -0.579. The van der Waals surface area contributed by atoms with Gasteiger partial charge in [0.15, 0.2) is 5.65 Å². The first-order valence-corrected chi connectivity index (χ1v) is 10.1. The summed E-state index contributed by atoms with van der Waals surface area (Å²) in [6.45, 7) is 12.4. The highest BCUT2D eigenvalue weighted by atomic mass is 16.2. The Labute approximate surface area is 165 Å². The summed E-state index contributed by atoms with van der Waals surface area (Å²) in [4.78, 5) is 44.5. The highest BCUT2D eigenvalue weighted by molar-refractivity contribution is 6.05. The number of nitrogens with zero attached hydrogens (tertiary/aromatic N) is 2. The van der Waals surface area contributed by atoms with Crippen LogP contribution >= 0.6 is 0 Å². The lowest BCUT2D eigenvalue weighted by Gasteiger charge is -2.17. The molecule has 7 heteroatoms. The number of nitrogens with one attached hydrogen (secondary N) is 2. The molecule has 0 fully saturated rings. The molecule has 2 N–H and O–H groups in total. The van der Waals surface area contributed by atoms with Crippen LogP contribution in [0.1, 0.15) is 82.8 Å². The summed E-state index contributed by atoms with van der Waals surface area (Å²) in [5.74, 6) is 0.377. The van der Waals surface area contributed by atoms with Crippen LogP contribution in [0.3, 0.4) is 0 Å². The van der Waals surface area contributed by atoms with E-state index in [1.807, 2.05) is 20.8 Å². The van der Waals surface area contributed by atoms with Crippen LogP contribution in [0.5, 0.6) is 0 Å². The minimum Gasteiger partial charge on any atom is -0.350 e. The van der Waals surface area contributed by atoms with Gasteiger partial charge in [0.1, 0.15) is 0 Å². The fraction of sp³-hybridized carbons (Fsp3) is 0.619. The number of aryl methyl sites for hydroxylation is 1. The first-order chi connectivity index (χ1) is 13.1. The molecule has 0 aromatic carbocycles. The van der Waals surface area contributed by atoms with Gasteiger partial charge >= 0.3 is 5.69 Å². The molecule has 0 aliphatic rings. The van der Waals surface area contributed by atoms with Crippen molar-refractivity contribution in [3.05, 3.63) is 38.2 Å². The quantitative estimate of drug-likeness (QED) is 0.726. The van der Waals surface area contributed by atoms with Gasteiger partial charge in [0.2, 0.25) is 0 Å². The van der Waals surface area contributed by atoms with Crippen molar-refractivity contribution in [1.82, 2.24) is 19.9 Å². The molecular formula is C21H32N4O3. The predicted octanol–water partition coefficient (Wildman–Crippen LogP) is 3.17. The number of H-pyrrole nitrogens is 1. The fourth-order valence-corrected chi connectivity index (χ4v) is 3.27. The second-order valence-electron chi connectivity index (χ2n) is 8.15. The van der Waals surface area contributed by atoms with E-state index in [1.165, 1.54) is 4.57 Å². The smallest absolute Gasteiger partial charge is 0.329 e. The Hall–Kier alpha value is -2.44. The number of aromatic nitrogens is 3. The van der Waals surface area contributed by atoms with Crippen LogP contribution in [0.25, 0.3) is 11.0 Å². The number of aromatic amines is 1. The summed E-state index contributed by atoms with van der Waals surface area (Å²) in [6, 6.07) is 1.66. The van der Waals surface area contributed by atoms with Gasteiger partial charge in [-0.15, -0.1) is 0 Å². The van der Waals surface area contributed by atoms with E-state index in [2.05, 4.69) is 29.1 Å². The maximum absolute atomic E-state index is 13.0. The van der Waals surface area contributed by atoms with Crippen LogP contribution in [0.15, 0.2) is 15.7 Å². The molecule has 0 aliphatic heterocycles. The number of pyridine rings is 1. The highest BCUT2D eigenvalue weighted by Gasteiger charge is 2.21. The number of carbonyl (C=O) groups excluding carboxylic acids is 1. The second-order valence-corrected chi connectivity index (χ2v) is 8.15. The van der Waals surface area contributed by atoms with Crippen molar-refractivity contribution in [3.8, 4) is 0 Å². The average Bonchev–Trinajstić information content (AvgIpc) is 2.60. The molecule has 154 valence electrons. The lowest BCUT2D eigenvalue weighted by Crippen LogP contribution is -2.36.